The summed E-state index contributed by atoms with van der Waals surface area (Å²) in [5.41, 5.74) is 0.716. The number of carbonyl (C=O) groups excluding carboxylic acids is 1. The molecule has 8 heteroatoms. The molecule has 3 aromatic carbocycles. The monoisotopic (exact) mass is 450 g/mol. The van der Waals surface area contributed by atoms with Crippen molar-refractivity contribution in [2.45, 2.75) is 6.92 Å². The van der Waals surface area contributed by atoms with Crippen molar-refractivity contribution in [2.24, 2.45) is 0 Å². The van der Waals surface area contributed by atoms with Gasteiger partial charge in [-0.25, -0.2) is 9.59 Å². The summed E-state index contributed by atoms with van der Waals surface area (Å²) in [5.74, 6) is 1.20. The van der Waals surface area contributed by atoms with Gasteiger partial charge in [-0.1, -0.05) is 17.7 Å². The van der Waals surface area contributed by atoms with Gasteiger partial charge in [-0.05, 0) is 37.3 Å². The fraction of sp³-hybridized carbons (Fsp3) is 0.200. The van der Waals surface area contributed by atoms with Crippen LogP contribution in [-0.2, 0) is 4.79 Å². The molecule has 0 aliphatic heterocycles. The Labute approximate surface area is 189 Å². The van der Waals surface area contributed by atoms with E-state index in [9.17, 15) is 9.59 Å². The molecule has 0 unspecified atom stereocenters. The van der Waals surface area contributed by atoms with E-state index in [0.29, 0.717) is 33.8 Å². The number of methoxy groups -OCH3 is 3. The summed E-state index contributed by atoms with van der Waals surface area (Å²) >= 11 is 0. The molecule has 0 bridgehead atoms. The van der Waals surface area contributed by atoms with Crippen LogP contribution in [0, 0.1) is 6.92 Å². The Morgan fingerprint density at radius 3 is 2.21 bits per heavy atom. The normalized spacial score (nSPS) is 10.8. The molecule has 33 heavy (non-hydrogen) atoms. The number of ether oxygens (including phenoxy) is 5. The molecule has 0 aliphatic rings. The highest BCUT2D eigenvalue weighted by Gasteiger charge is 2.21. The summed E-state index contributed by atoms with van der Waals surface area (Å²) in [4.78, 5) is 24.9. The fourth-order valence-corrected chi connectivity index (χ4v) is 3.53. The predicted octanol–water partition coefficient (Wildman–Crippen LogP) is 4.26. The molecule has 0 radical (unpaired) electrons. The molecule has 1 heterocycles. The van der Waals surface area contributed by atoms with Crippen LogP contribution in [0.25, 0.3) is 21.7 Å². The highest BCUT2D eigenvalue weighted by atomic mass is 16.6. The van der Waals surface area contributed by atoms with E-state index in [2.05, 4.69) is 0 Å². The summed E-state index contributed by atoms with van der Waals surface area (Å²) in [6, 6.07) is 13.6. The first-order valence-corrected chi connectivity index (χ1v) is 10.0. The van der Waals surface area contributed by atoms with Gasteiger partial charge in [-0.15, -0.1) is 0 Å². The maximum Gasteiger partial charge on any atom is 0.349 e. The van der Waals surface area contributed by atoms with Crippen LogP contribution in [-0.4, -0.2) is 33.9 Å². The van der Waals surface area contributed by atoms with Crippen LogP contribution >= 0.6 is 0 Å². The first-order valence-electron chi connectivity index (χ1n) is 10.0. The van der Waals surface area contributed by atoms with E-state index in [1.165, 1.54) is 33.5 Å². The third-order valence-electron chi connectivity index (χ3n) is 5.08. The van der Waals surface area contributed by atoms with E-state index in [-0.39, 0.29) is 23.3 Å². The predicted molar refractivity (Wildman–Crippen MR) is 122 cm³/mol. The van der Waals surface area contributed by atoms with E-state index >= 15 is 0 Å². The minimum atomic E-state index is -0.595. The summed E-state index contributed by atoms with van der Waals surface area (Å²) in [6.45, 7) is 1.69. The minimum absolute atomic E-state index is 0.210. The highest BCUT2D eigenvalue weighted by molar-refractivity contribution is 6.10. The Morgan fingerprint density at radius 1 is 0.848 bits per heavy atom. The van der Waals surface area contributed by atoms with Gasteiger partial charge in [0.25, 0.3) is 0 Å². The van der Waals surface area contributed by atoms with Gasteiger partial charge in [-0.3, -0.25) is 0 Å². The van der Waals surface area contributed by atoms with E-state index in [4.69, 9.17) is 28.1 Å². The number of aryl methyl sites for hydroxylation is 1. The van der Waals surface area contributed by atoms with E-state index < -0.39 is 11.6 Å². The lowest BCUT2D eigenvalue weighted by atomic mass is 10.0. The molecule has 0 N–H and O–H groups in total. The van der Waals surface area contributed by atoms with Crippen LogP contribution in [0.5, 0.6) is 28.7 Å². The zero-order valence-corrected chi connectivity index (χ0v) is 18.6. The number of esters is 1. The number of hydrogen-bond donors (Lipinski definition) is 0. The van der Waals surface area contributed by atoms with E-state index in [1.807, 2.05) is 19.1 Å². The number of hydrogen-bond acceptors (Lipinski definition) is 8. The molecule has 8 nitrogen and oxygen atoms in total. The standard InChI is InChI=1S/C25H22O8/c1-14-5-7-15(8-6-14)31-13-21(26)32-16-9-10-17-19(11-16)33-25(27)18-12-20(28-2)23(29-3)24(30-4)22(17)18/h5-12H,13H2,1-4H3. The molecule has 4 rings (SSSR count). The summed E-state index contributed by atoms with van der Waals surface area (Å²) in [7, 11) is 4.42. The van der Waals surface area contributed by atoms with Crippen LogP contribution in [0.3, 0.4) is 0 Å². The lowest BCUT2D eigenvalue weighted by molar-refractivity contribution is -0.136. The average Bonchev–Trinajstić information content (AvgIpc) is 2.82. The van der Waals surface area contributed by atoms with Gasteiger partial charge in [-0.2, -0.15) is 0 Å². The van der Waals surface area contributed by atoms with Gasteiger partial charge >= 0.3 is 11.6 Å². The Morgan fingerprint density at radius 2 is 1.55 bits per heavy atom. The van der Waals surface area contributed by atoms with Crippen molar-refractivity contribution in [3.05, 3.63) is 64.5 Å². The second kappa shape index (κ2) is 9.12. The second-order valence-corrected chi connectivity index (χ2v) is 7.19. The van der Waals surface area contributed by atoms with Crippen LogP contribution in [0.4, 0.5) is 0 Å². The van der Waals surface area contributed by atoms with Gasteiger partial charge < -0.3 is 28.1 Å². The minimum Gasteiger partial charge on any atom is -0.493 e. The quantitative estimate of drug-likeness (QED) is 0.178. The van der Waals surface area contributed by atoms with Crippen LogP contribution < -0.4 is 29.3 Å². The van der Waals surface area contributed by atoms with Gasteiger partial charge in [0.15, 0.2) is 18.1 Å². The summed E-state index contributed by atoms with van der Waals surface area (Å²) in [5, 5.41) is 1.35. The Hall–Kier alpha value is -4.20. The van der Waals surface area contributed by atoms with Gasteiger partial charge in [0.2, 0.25) is 5.75 Å². The summed E-state index contributed by atoms with van der Waals surface area (Å²) in [6.07, 6.45) is 0. The molecule has 0 saturated carbocycles. The maximum absolute atomic E-state index is 12.7. The topological polar surface area (TPSA) is 93.4 Å². The van der Waals surface area contributed by atoms with Gasteiger partial charge in [0.05, 0.1) is 26.7 Å². The average molecular weight is 450 g/mol. The first kappa shape index (κ1) is 22.0. The molecule has 0 atom stereocenters. The number of benzene rings is 3. The molecule has 1 aromatic heterocycles. The lowest BCUT2D eigenvalue weighted by Crippen LogP contribution is -2.17. The number of carbonyl (C=O) groups is 1. The van der Waals surface area contributed by atoms with E-state index in [0.717, 1.165) is 5.56 Å². The van der Waals surface area contributed by atoms with E-state index in [1.54, 1.807) is 24.3 Å². The highest BCUT2D eigenvalue weighted by Crippen LogP contribution is 2.45. The van der Waals surface area contributed by atoms with Crippen molar-refractivity contribution in [3.63, 3.8) is 0 Å². The molecular formula is C25H22O8. The third kappa shape index (κ3) is 4.27. The van der Waals surface area contributed by atoms with Crippen LogP contribution in [0.2, 0.25) is 0 Å². The molecule has 4 aromatic rings. The Balaban J connectivity index is 1.67. The first-order chi connectivity index (χ1) is 15.9. The van der Waals surface area contributed by atoms with Crippen molar-refractivity contribution >= 4 is 27.7 Å². The van der Waals surface area contributed by atoms with Crippen LogP contribution in [0.15, 0.2) is 57.7 Å². The summed E-state index contributed by atoms with van der Waals surface area (Å²) < 4.78 is 32.6. The Bertz CT molecular complexity index is 1390. The molecule has 0 fully saturated rings. The van der Waals surface area contributed by atoms with Gasteiger partial charge in [0, 0.05) is 16.8 Å². The maximum atomic E-state index is 12.7. The molecule has 0 spiro atoms. The molecule has 0 aliphatic carbocycles. The smallest absolute Gasteiger partial charge is 0.349 e. The van der Waals surface area contributed by atoms with Crippen molar-refractivity contribution in [1.29, 1.82) is 0 Å². The zero-order valence-electron chi connectivity index (χ0n) is 18.6. The van der Waals surface area contributed by atoms with Crippen molar-refractivity contribution in [3.8, 4) is 28.7 Å². The third-order valence-corrected chi connectivity index (χ3v) is 5.08. The van der Waals surface area contributed by atoms with Crippen LogP contribution in [0.1, 0.15) is 5.56 Å². The number of rotatable bonds is 7. The molecule has 0 amide bonds. The largest absolute Gasteiger partial charge is 0.493 e. The zero-order chi connectivity index (χ0) is 23.5. The Kier molecular flexibility index (Phi) is 6.08. The van der Waals surface area contributed by atoms with Gasteiger partial charge in [0.1, 0.15) is 17.1 Å². The second-order valence-electron chi connectivity index (χ2n) is 7.19. The van der Waals surface area contributed by atoms with Crippen molar-refractivity contribution < 1.29 is 32.9 Å². The SMILES string of the molecule is COc1cc2c(=O)oc3cc(OC(=O)COc4ccc(C)cc4)ccc3c2c(OC)c1OC. The van der Waals surface area contributed by atoms with Crippen molar-refractivity contribution in [2.75, 3.05) is 27.9 Å². The number of fused-ring (bicyclic) bond motifs is 3. The van der Waals surface area contributed by atoms with Crippen molar-refractivity contribution in [1.82, 2.24) is 0 Å². The molecule has 0 saturated heterocycles. The lowest BCUT2D eigenvalue weighted by Gasteiger charge is -2.15. The molecular weight excluding hydrogens is 428 g/mol. The fourth-order valence-electron chi connectivity index (χ4n) is 3.53. The molecule has 170 valence electrons.